The van der Waals surface area contributed by atoms with Gasteiger partial charge in [0.2, 0.25) is 5.75 Å². The van der Waals surface area contributed by atoms with E-state index in [0.29, 0.717) is 17.2 Å². The largest absolute Gasteiger partial charge is 0.493 e. The van der Waals surface area contributed by atoms with Gasteiger partial charge < -0.3 is 18.8 Å². The average Bonchev–Trinajstić information content (AvgIpc) is 3.09. The molecule has 0 aliphatic carbocycles. The molecule has 0 amide bonds. The zero-order chi connectivity index (χ0) is 19.8. The Hall–Kier alpha value is -2.61. The maximum Gasteiger partial charge on any atom is 0.203 e. The molecule has 1 atom stereocenters. The highest BCUT2D eigenvalue weighted by molar-refractivity contribution is 7.71. The molecule has 0 saturated carbocycles. The van der Waals surface area contributed by atoms with Gasteiger partial charge in [0.15, 0.2) is 17.1 Å². The van der Waals surface area contributed by atoms with E-state index < -0.39 is 0 Å². The molecule has 7 nitrogen and oxygen atoms in total. The maximum absolute atomic E-state index is 5.74. The number of nitrogens with zero attached hydrogens (tertiary/aromatic N) is 4. The summed E-state index contributed by atoms with van der Waals surface area (Å²) in [5, 5.41) is 5.27. The molecule has 0 fully saturated rings. The van der Waals surface area contributed by atoms with Crippen LogP contribution in [0.4, 0.5) is 0 Å². The van der Waals surface area contributed by atoms with Crippen molar-refractivity contribution in [1.82, 2.24) is 19.3 Å². The van der Waals surface area contributed by atoms with Gasteiger partial charge in [-0.05, 0) is 37.0 Å². The molecule has 28 heavy (non-hydrogen) atoms. The minimum Gasteiger partial charge on any atom is -0.493 e. The van der Waals surface area contributed by atoms with Gasteiger partial charge in [0.1, 0.15) is 10.5 Å². The minimum absolute atomic E-state index is 0.262. The van der Waals surface area contributed by atoms with Crippen molar-refractivity contribution in [2.45, 2.75) is 31.7 Å². The molecule has 0 spiro atoms. The van der Waals surface area contributed by atoms with E-state index in [2.05, 4.69) is 9.67 Å². The van der Waals surface area contributed by atoms with Crippen molar-refractivity contribution in [2.24, 2.45) is 7.05 Å². The zero-order valence-corrected chi connectivity index (χ0v) is 17.4. The normalized spacial score (nSPS) is 16.1. The Morgan fingerprint density at radius 3 is 2.50 bits per heavy atom. The second-order valence-electron chi connectivity index (χ2n) is 7.01. The van der Waals surface area contributed by atoms with E-state index in [1.807, 2.05) is 19.2 Å². The maximum atomic E-state index is 5.74. The van der Waals surface area contributed by atoms with E-state index >= 15 is 0 Å². The van der Waals surface area contributed by atoms with Crippen LogP contribution in [0.25, 0.3) is 11.0 Å². The lowest BCUT2D eigenvalue weighted by molar-refractivity contribution is 0.323. The second kappa shape index (κ2) is 7.43. The number of aryl methyl sites for hydroxylation is 1. The van der Waals surface area contributed by atoms with Gasteiger partial charge in [-0.2, -0.15) is 5.10 Å². The van der Waals surface area contributed by atoms with Gasteiger partial charge in [-0.25, -0.2) is 4.98 Å². The third-order valence-electron chi connectivity index (χ3n) is 5.39. The van der Waals surface area contributed by atoms with Crippen LogP contribution in [0, 0.1) is 4.64 Å². The fraction of sp³-hybridized carbons (Fsp3) is 0.450. The smallest absolute Gasteiger partial charge is 0.203 e. The van der Waals surface area contributed by atoms with Gasteiger partial charge in [0, 0.05) is 19.5 Å². The van der Waals surface area contributed by atoms with E-state index in [-0.39, 0.29) is 5.92 Å². The van der Waals surface area contributed by atoms with Crippen molar-refractivity contribution >= 4 is 23.3 Å². The molecule has 0 saturated heterocycles. The lowest BCUT2D eigenvalue weighted by Gasteiger charge is -2.27. The van der Waals surface area contributed by atoms with Crippen molar-refractivity contribution in [1.29, 1.82) is 0 Å². The summed E-state index contributed by atoms with van der Waals surface area (Å²) >= 11 is 5.74. The van der Waals surface area contributed by atoms with Crippen LogP contribution in [0.2, 0.25) is 0 Å². The number of hydrogen-bond donors (Lipinski definition) is 0. The van der Waals surface area contributed by atoms with E-state index in [9.17, 15) is 0 Å². The van der Waals surface area contributed by atoms with Gasteiger partial charge in [-0.1, -0.05) is 12.2 Å². The third-order valence-corrected chi connectivity index (χ3v) is 5.83. The molecule has 4 rings (SSSR count). The van der Waals surface area contributed by atoms with Crippen LogP contribution >= 0.6 is 12.2 Å². The number of aromatic nitrogens is 4. The third kappa shape index (κ3) is 3.01. The van der Waals surface area contributed by atoms with Gasteiger partial charge in [0.05, 0.1) is 32.9 Å². The quantitative estimate of drug-likeness (QED) is 0.609. The Kier molecular flexibility index (Phi) is 4.97. The van der Waals surface area contributed by atoms with Crippen molar-refractivity contribution in [3.8, 4) is 17.2 Å². The number of fused-ring (bicyclic) bond motifs is 2. The highest BCUT2D eigenvalue weighted by Gasteiger charge is 2.25. The molecule has 0 N–H and O–H groups in total. The summed E-state index contributed by atoms with van der Waals surface area (Å²) in [5.74, 6) is 3.23. The van der Waals surface area contributed by atoms with Crippen LogP contribution in [-0.2, 0) is 20.0 Å². The summed E-state index contributed by atoms with van der Waals surface area (Å²) in [4.78, 5) is 4.94. The molecule has 0 radical (unpaired) electrons. The zero-order valence-electron chi connectivity index (χ0n) is 16.6. The predicted molar refractivity (Wildman–Crippen MR) is 109 cm³/mol. The first-order valence-corrected chi connectivity index (χ1v) is 9.69. The molecule has 3 heterocycles. The molecule has 148 valence electrons. The van der Waals surface area contributed by atoms with Crippen molar-refractivity contribution in [3.63, 3.8) is 0 Å². The van der Waals surface area contributed by atoms with E-state index in [1.54, 1.807) is 32.2 Å². The molecular formula is C20H24N4O3S. The predicted octanol–water partition coefficient (Wildman–Crippen LogP) is 3.65. The van der Waals surface area contributed by atoms with Crippen molar-refractivity contribution < 1.29 is 14.2 Å². The topological polar surface area (TPSA) is 63.3 Å². The highest BCUT2D eigenvalue weighted by Crippen LogP contribution is 2.40. The average molecular weight is 401 g/mol. The Balaban J connectivity index is 1.77. The summed E-state index contributed by atoms with van der Waals surface area (Å²) < 4.78 is 21.2. The monoisotopic (exact) mass is 400 g/mol. The van der Waals surface area contributed by atoms with Crippen LogP contribution in [0.1, 0.15) is 30.1 Å². The minimum atomic E-state index is 0.262. The van der Waals surface area contributed by atoms with E-state index in [4.69, 9.17) is 31.4 Å². The SMILES string of the molecule is COc1cc(CC2CCCn3c2nc2c(cnn2C)c3=S)cc(OC)c1OC. The molecule has 1 aliphatic rings. The standard InChI is InChI=1S/C20H24N4O3S/c1-23-19-14(11-21-23)20(28)24-7-5-6-13(18(24)22-19)8-12-9-15(25-2)17(27-4)16(10-12)26-3/h9-11,13H,5-8H2,1-4H3. The Morgan fingerprint density at radius 2 is 1.86 bits per heavy atom. The summed E-state index contributed by atoms with van der Waals surface area (Å²) in [6.45, 7) is 0.901. The van der Waals surface area contributed by atoms with Gasteiger partial charge in [0.25, 0.3) is 0 Å². The van der Waals surface area contributed by atoms with Crippen LogP contribution in [0.15, 0.2) is 18.3 Å². The molecular weight excluding hydrogens is 376 g/mol. The fourth-order valence-electron chi connectivity index (χ4n) is 4.02. The number of ether oxygens (including phenoxy) is 3. The summed E-state index contributed by atoms with van der Waals surface area (Å²) in [5.41, 5.74) is 1.96. The summed E-state index contributed by atoms with van der Waals surface area (Å²) in [6.07, 6.45) is 4.76. The first kappa shape index (κ1) is 18.7. The van der Waals surface area contributed by atoms with E-state index in [1.165, 1.54) is 0 Å². The molecule has 1 aromatic carbocycles. The van der Waals surface area contributed by atoms with Crippen LogP contribution < -0.4 is 14.2 Å². The highest BCUT2D eigenvalue weighted by atomic mass is 32.1. The molecule has 1 aliphatic heterocycles. The Labute approximate surface area is 168 Å². The lowest BCUT2D eigenvalue weighted by atomic mass is 9.91. The lowest BCUT2D eigenvalue weighted by Crippen LogP contribution is -2.22. The van der Waals surface area contributed by atoms with Crippen LogP contribution in [0.3, 0.4) is 0 Å². The van der Waals surface area contributed by atoms with Crippen molar-refractivity contribution in [2.75, 3.05) is 21.3 Å². The van der Waals surface area contributed by atoms with E-state index in [0.717, 1.165) is 52.9 Å². The Bertz CT molecular complexity index is 1060. The molecule has 1 unspecified atom stereocenters. The van der Waals surface area contributed by atoms with Crippen LogP contribution in [-0.4, -0.2) is 40.7 Å². The van der Waals surface area contributed by atoms with Crippen LogP contribution in [0.5, 0.6) is 17.2 Å². The van der Waals surface area contributed by atoms with Gasteiger partial charge in [-0.15, -0.1) is 0 Å². The number of rotatable bonds is 5. The molecule has 0 bridgehead atoms. The summed E-state index contributed by atoms with van der Waals surface area (Å²) in [6, 6.07) is 4.02. The first-order chi connectivity index (χ1) is 13.6. The molecule has 8 heteroatoms. The van der Waals surface area contributed by atoms with Gasteiger partial charge >= 0.3 is 0 Å². The molecule has 3 aromatic rings. The second-order valence-corrected chi connectivity index (χ2v) is 7.40. The summed E-state index contributed by atoms with van der Waals surface area (Å²) in [7, 11) is 6.79. The number of benzene rings is 1. The van der Waals surface area contributed by atoms with Crippen molar-refractivity contribution in [3.05, 3.63) is 34.4 Å². The number of hydrogen-bond acceptors (Lipinski definition) is 6. The first-order valence-electron chi connectivity index (χ1n) is 9.28. The fourth-order valence-corrected chi connectivity index (χ4v) is 4.35. The van der Waals surface area contributed by atoms with Gasteiger partial charge in [-0.3, -0.25) is 4.68 Å². The Morgan fingerprint density at radius 1 is 1.14 bits per heavy atom. The molecule has 2 aromatic heterocycles. The number of methoxy groups -OCH3 is 3.